The van der Waals surface area contributed by atoms with Gasteiger partial charge in [-0.2, -0.15) is 0 Å². The van der Waals surface area contributed by atoms with E-state index in [1.165, 1.54) is 28.4 Å². The highest BCUT2D eigenvalue weighted by Gasteiger charge is 2.46. The molecule has 3 rings (SSSR count). The average molecular weight is 223 g/mol. The van der Waals surface area contributed by atoms with Crippen molar-refractivity contribution < 1.29 is 0 Å². The number of nitrogens with two attached hydrogens (primary N) is 1. The molecule has 2 heterocycles. The van der Waals surface area contributed by atoms with Crippen LogP contribution in [0.15, 0.2) is 0 Å². The van der Waals surface area contributed by atoms with Crippen LogP contribution in [0.4, 0.5) is 0 Å². The van der Waals surface area contributed by atoms with Crippen molar-refractivity contribution in [3.63, 3.8) is 0 Å². The number of rotatable bonds is 0. The van der Waals surface area contributed by atoms with Crippen molar-refractivity contribution in [2.24, 2.45) is 11.1 Å². The Bertz CT molecular complexity index is 379. The van der Waals surface area contributed by atoms with E-state index in [0.29, 0.717) is 5.41 Å². The molecule has 1 spiro atoms. The SMILES string of the molecule is Cc1nc2c(s1)CC1(CCNCC1)C2N. The maximum Gasteiger partial charge on any atom is 0.0900 e. The molecular weight excluding hydrogens is 206 g/mol. The molecule has 82 valence electrons. The molecule has 1 aromatic heterocycles. The number of nitrogens with one attached hydrogen (secondary N) is 1. The Labute approximate surface area is 94.1 Å². The molecule has 3 nitrogen and oxygen atoms in total. The summed E-state index contributed by atoms with van der Waals surface area (Å²) < 4.78 is 0. The van der Waals surface area contributed by atoms with Crippen molar-refractivity contribution in [3.05, 3.63) is 15.6 Å². The standard InChI is InChI=1S/C11H17N3S/c1-7-14-9-8(15-7)6-11(10(9)12)2-4-13-5-3-11/h10,13H,2-6,12H2,1H3. The highest BCUT2D eigenvalue weighted by molar-refractivity contribution is 7.11. The van der Waals surface area contributed by atoms with Crippen LogP contribution in [0, 0.1) is 12.3 Å². The predicted octanol–water partition coefficient (Wildman–Crippen LogP) is 1.38. The monoisotopic (exact) mass is 223 g/mol. The largest absolute Gasteiger partial charge is 0.322 e. The van der Waals surface area contributed by atoms with Gasteiger partial charge in [0.05, 0.1) is 16.7 Å². The second-order valence-electron chi connectivity index (χ2n) is 4.81. The second kappa shape index (κ2) is 3.27. The first-order valence-corrected chi connectivity index (χ1v) is 6.45. The summed E-state index contributed by atoms with van der Waals surface area (Å²) in [6.07, 6.45) is 3.57. The quantitative estimate of drug-likeness (QED) is 0.698. The van der Waals surface area contributed by atoms with Gasteiger partial charge in [-0.05, 0) is 44.7 Å². The smallest absolute Gasteiger partial charge is 0.0900 e. The summed E-state index contributed by atoms with van der Waals surface area (Å²) in [5, 5.41) is 4.58. The van der Waals surface area contributed by atoms with Crippen LogP contribution in [0.5, 0.6) is 0 Å². The van der Waals surface area contributed by atoms with Crippen molar-refractivity contribution in [3.8, 4) is 0 Å². The van der Waals surface area contributed by atoms with Crippen molar-refractivity contribution >= 4 is 11.3 Å². The number of hydrogen-bond acceptors (Lipinski definition) is 4. The molecule has 1 aliphatic carbocycles. The van der Waals surface area contributed by atoms with Crippen molar-refractivity contribution in [1.29, 1.82) is 0 Å². The van der Waals surface area contributed by atoms with Gasteiger partial charge in [0.15, 0.2) is 0 Å². The van der Waals surface area contributed by atoms with Crippen molar-refractivity contribution in [2.45, 2.75) is 32.2 Å². The van der Waals surface area contributed by atoms with Crippen molar-refractivity contribution in [1.82, 2.24) is 10.3 Å². The van der Waals surface area contributed by atoms with Crippen LogP contribution in [0.1, 0.15) is 34.5 Å². The molecule has 1 aromatic rings. The zero-order valence-electron chi connectivity index (χ0n) is 9.05. The Morgan fingerprint density at radius 2 is 2.20 bits per heavy atom. The fraction of sp³-hybridized carbons (Fsp3) is 0.727. The molecular formula is C11H17N3S. The minimum atomic E-state index is 0.180. The summed E-state index contributed by atoms with van der Waals surface area (Å²) >= 11 is 1.84. The Morgan fingerprint density at radius 3 is 2.87 bits per heavy atom. The second-order valence-corrected chi connectivity index (χ2v) is 6.10. The van der Waals surface area contributed by atoms with Gasteiger partial charge >= 0.3 is 0 Å². The van der Waals surface area contributed by atoms with Crippen LogP contribution in [0.3, 0.4) is 0 Å². The summed E-state index contributed by atoms with van der Waals surface area (Å²) in [4.78, 5) is 6.04. The average Bonchev–Trinajstić information content (AvgIpc) is 2.68. The summed E-state index contributed by atoms with van der Waals surface area (Å²) in [6.45, 7) is 4.30. The lowest BCUT2D eigenvalue weighted by atomic mass is 9.74. The fourth-order valence-corrected chi connectivity index (χ4v) is 4.12. The van der Waals surface area contributed by atoms with Crippen LogP contribution < -0.4 is 11.1 Å². The molecule has 0 radical (unpaired) electrons. The molecule has 1 saturated heterocycles. The minimum Gasteiger partial charge on any atom is -0.322 e. The van der Waals surface area contributed by atoms with Gasteiger partial charge in [-0.25, -0.2) is 4.98 Å². The van der Waals surface area contributed by atoms with Gasteiger partial charge < -0.3 is 11.1 Å². The van der Waals surface area contributed by atoms with Gasteiger partial charge in [0.1, 0.15) is 0 Å². The fourth-order valence-electron chi connectivity index (χ4n) is 2.99. The third kappa shape index (κ3) is 1.35. The summed E-state index contributed by atoms with van der Waals surface area (Å²) in [5.74, 6) is 0. The van der Waals surface area contributed by atoms with E-state index in [1.54, 1.807) is 0 Å². The molecule has 0 saturated carbocycles. The Hall–Kier alpha value is -0.450. The van der Waals surface area contributed by atoms with E-state index in [2.05, 4.69) is 17.2 Å². The Morgan fingerprint density at radius 1 is 1.47 bits per heavy atom. The van der Waals surface area contributed by atoms with Crippen LogP contribution >= 0.6 is 11.3 Å². The molecule has 1 fully saturated rings. The van der Waals surface area contributed by atoms with Gasteiger partial charge in [0.25, 0.3) is 0 Å². The Balaban J connectivity index is 1.95. The molecule has 0 aromatic carbocycles. The number of thiazole rings is 1. The summed E-state index contributed by atoms with van der Waals surface area (Å²) in [7, 11) is 0. The number of hydrogen-bond donors (Lipinski definition) is 2. The molecule has 1 atom stereocenters. The van der Waals surface area contributed by atoms with Gasteiger partial charge in [0, 0.05) is 4.88 Å². The maximum absolute atomic E-state index is 6.39. The third-order valence-electron chi connectivity index (χ3n) is 3.90. The molecule has 0 bridgehead atoms. The highest BCUT2D eigenvalue weighted by atomic mass is 32.1. The first kappa shape index (κ1) is 9.75. The van der Waals surface area contributed by atoms with Crippen LogP contribution in [0.25, 0.3) is 0 Å². The molecule has 1 unspecified atom stereocenters. The van der Waals surface area contributed by atoms with Crippen LogP contribution in [-0.4, -0.2) is 18.1 Å². The lowest BCUT2D eigenvalue weighted by Crippen LogP contribution is -2.42. The Kier molecular flexibility index (Phi) is 2.13. The number of nitrogens with zero attached hydrogens (tertiary/aromatic N) is 1. The van der Waals surface area contributed by atoms with E-state index in [4.69, 9.17) is 5.73 Å². The van der Waals surface area contributed by atoms with Gasteiger partial charge in [-0.3, -0.25) is 0 Å². The summed E-state index contributed by atoms with van der Waals surface area (Å²) in [6, 6.07) is 0.180. The van der Waals surface area contributed by atoms with Gasteiger partial charge in [-0.1, -0.05) is 0 Å². The first-order valence-electron chi connectivity index (χ1n) is 5.64. The first-order chi connectivity index (χ1) is 7.21. The third-order valence-corrected chi connectivity index (χ3v) is 4.89. The zero-order valence-corrected chi connectivity index (χ0v) is 9.86. The van der Waals surface area contributed by atoms with E-state index >= 15 is 0 Å². The number of fused-ring (bicyclic) bond motifs is 1. The van der Waals surface area contributed by atoms with E-state index in [9.17, 15) is 0 Å². The summed E-state index contributed by atoms with van der Waals surface area (Å²) in [5.41, 5.74) is 7.91. The van der Waals surface area contributed by atoms with Crippen LogP contribution in [0.2, 0.25) is 0 Å². The topological polar surface area (TPSA) is 50.9 Å². The molecule has 4 heteroatoms. The minimum absolute atomic E-state index is 0.180. The number of aryl methyl sites for hydroxylation is 1. The van der Waals surface area contributed by atoms with Gasteiger partial charge in [-0.15, -0.1) is 11.3 Å². The molecule has 2 aliphatic rings. The molecule has 0 amide bonds. The van der Waals surface area contributed by atoms with E-state index in [1.807, 2.05) is 11.3 Å². The van der Waals surface area contributed by atoms with Crippen LogP contribution in [-0.2, 0) is 6.42 Å². The normalized spacial score (nSPS) is 28.3. The number of aromatic nitrogens is 1. The van der Waals surface area contributed by atoms with E-state index in [-0.39, 0.29) is 6.04 Å². The lowest BCUT2D eigenvalue weighted by Gasteiger charge is -2.37. The predicted molar refractivity (Wildman–Crippen MR) is 62.0 cm³/mol. The zero-order chi connectivity index (χ0) is 10.5. The lowest BCUT2D eigenvalue weighted by molar-refractivity contribution is 0.173. The highest BCUT2D eigenvalue weighted by Crippen LogP contribution is 2.50. The molecule has 3 N–H and O–H groups in total. The van der Waals surface area contributed by atoms with E-state index in [0.717, 1.165) is 19.5 Å². The molecule has 15 heavy (non-hydrogen) atoms. The number of piperidine rings is 1. The molecule has 1 aliphatic heterocycles. The maximum atomic E-state index is 6.39. The van der Waals surface area contributed by atoms with Gasteiger partial charge in [0.2, 0.25) is 0 Å². The van der Waals surface area contributed by atoms with E-state index < -0.39 is 0 Å². The van der Waals surface area contributed by atoms with Crippen molar-refractivity contribution in [2.75, 3.05) is 13.1 Å².